The Balaban J connectivity index is 1.72. The van der Waals surface area contributed by atoms with Crippen molar-refractivity contribution < 1.29 is 14.2 Å². The van der Waals surface area contributed by atoms with Crippen molar-refractivity contribution >= 4 is 11.6 Å². The third kappa shape index (κ3) is 3.44. The van der Waals surface area contributed by atoms with Crippen LogP contribution in [0.3, 0.4) is 0 Å². The van der Waals surface area contributed by atoms with Gasteiger partial charge in [0.05, 0.1) is 6.61 Å². The maximum atomic E-state index is 6.77. The summed E-state index contributed by atoms with van der Waals surface area (Å²) >= 11 is 6.77. The van der Waals surface area contributed by atoms with Crippen LogP contribution in [0.4, 0.5) is 0 Å². The van der Waals surface area contributed by atoms with E-state index in [0.717, 1.165) is 38.3 Å². The number of likely N-dealkylation sites (N-methyl/N-ethyl adjacent to an activating group) is 1. The third-order valence-corrected chi connectivity index (χ3v) is 5.96. The zero-order chi connectivity index (χ0) is 18.1. The molecule has 2 aliphatic heterocycles. The molecule has 3 aliphatic rings. The van der Waals surface area contributed by atoms with E-state index in [1.54, 1.807) is 7.11 Å². The molecule has 0 aromatic heterocycles. The van der Waals surface area contributed by atoms with Gasteiger partial charge >= 0.3 is 0 Å². The number of methoxy groups -OCH3 is 1. The SMILES string of the molecule is COCOC1(Cl)C=CC2=C(C1)C(c1cccc3c1OCC3)CN(C)CC2. The van der Waals surface area contributed by atoms with Crippen molar-refractivity contribution in [3.63, 3.8) is 0 Å². The highest BCUT2D eigenvalue weighted by molar-refractivity contribution is 6.24. The molecule has 2 heterocycles. The predicted octanol–water partition coefficient (Wildman–Crippen LogP) is 3.85. The van der Waals surface area contributed by atoms with Crippen LogP contribution in [0.5, 0.6) is 5.75 Å². The van der Waals surface area contributed by atoms with Crippen LogP contribution in [-0.4, -0.2) is 50.6 Å². The molecule has 1 aromatic carbocycles. The van der Waals surface area contributed by atoms with Gasteiger partial charge in [-0.05, 0) is 30.7 Å². The van der Waals surface area contributed by atoms with Gasteiger partial charge in [0.2, 0.25) is 0 Å². The number of nitrogens with zero attached hydrogens (tertiary/aromatic N) is 1. The molecule has 1 aromatic rings. The summed E-state index contributed by atoms with van der Waals surface area (Å²) in [6.07, 6.45) is 6.82. The molecule has 1 aliphatic carbocycles. The number of allylic oxidation sites excluding steroid dienone is 1. The Labute approximate surface area is 160 Å². The molecule has 26 heavy (non-hydrogen) atoms. The first-order chi connectivity index (χ1) is 12.6. The van der Waals surface area contributed by atoms with E-state index in [-0.39, 0.29) is 12.7 Å². The van der Waals surface area contributed by atoms with Crippen molar-refractivity contribution in [2.45, 2.75) is 30.2 Å². The van der Waals surface area contributed by atoms with Crippen LogP contribution < -0.4 is 4.74 Å². The lowest BCUT2D eigenvalue weighted by molar-refractivity contribution is -0.0731. The number of halogens is 1. The van der Waals surface area contributed by atoms with E-state index in [0.29, 0.717) is 6.42 Å². The Morgan fingerprint density at radius 1 is 1.35 bits per heavy atom. The van der Waals surface area contributed by atoms with Gasteiger partial charge in [-0.15, -0.1) is 0 Å². The van der Waals surface area contributed by atoms with Crippen LogP contribution >= 0.6 is 11.6 Å². The van der Waals surface area contributed by atoms with Gasteiger partial charge in [-0.3, -0.25) is 0 Å². The van der Waals surface area contributed by atoms with E-state index in [1.165, 1.54) is 22.3 Å². The summed E-state index contributed by atoms with van der Waals surface area (Å²) in [7, 11) is 3.81. The Kier molecular flexibility index (Phi) is 5.11. The van der Waals surface area contributed by atoms with Crippen LogP contribution in [0, 0.1) is 0 Å². The molecule has 0 amide bonds. The van der Waals surface area contributed by atoms with Crippen LogP contribution in [0.2, 0.25) is 0 Å². The molecule has 0 fully saturated rings. The van der Waals surface area contributed by atoms with Crippen LogP contribution in [0.1, 0.15) is 29.9 Å². The summed E-state index contributed by atoms with van der Waals surface area (Å²) in [6.45, 7) is 2.97. The quantitative estimate of drug-likeness (QED) is 0.590. The lowest BCUT2D eigenvalue weighted by atomic mass is 9.81. The normalized spacial score (nSPS) is 28.5. The number of hydrogen-bond donors (Lipinski definition) is 0. The van der Waals surface area contributed by atoms with Gasteiger partial charge in [0, 0.05) is 44.5 Å². The number of alkyl halides is 1. The van der Waals surface area contributed by atoms with E-state index in [2.05, 4.69) is 36.2 Å². The number of ether oxygens (including phenoxy) is 3. The largest absolute Gasteiger partial charge is 0.493 e. The second kappa shape index (κ2) is 7.35. The minimum atomic E-state index is -0.838. The predicted molar refractivity (Wildman–Crippen MR) is 103 cm³/mol. The van der Waals surface area contributed by atoms with E-state index >= 15 is 0 Å². The Morgan fingerprint density at radius 2 is 2.23 bits per heavy atom. The van der Waals surface area contributed by atoms with Gasteiger partial charge in [-0.1, -0.05) is 41.4 Å². The molecule has 2 atom stereocenters. The number of hydrogen-bond acceptors (Lipinski definition) is 4. The fourth-order valence-corrected chi connectivity index (χ4v) is 4.49. The Hall–Kier alpha value is -1.33. The molecular formula is C21H26ClNO3. The van der Waals surface area contributed by atoms with Gasteiger partial charge < -0.3 is 19.1 Å². The molecule has 0 spiro atoms. The van der Waals surface area contributed by atoms with Crippen LogP contribution in [0.25, 0.3) is 0 Å². The number of rotatable bonds is 4. The second-order valence-electron chi connectivity index (χ2n) is 7.40. The van der Waals surface area contributed by atoms with Crippen molar-refractivity contribution in [3.8, 4) is 5.75 Å². The summed E-state index contributed by atoms with van der Waals surface area (Å²) < 4.78 is 16.9. The first kappa shape index (κ1) is 18.1. The molecule has 0 saturated heterocycles. The highest BCUT2D eigenvalue weighted by Gasteiger charge is 2.37. The minimum absolute atomic E-state index is 0.185. The molecule has 140 valence electrons. The van der Waals surface area contributed by atoms with Crippen LogP contribution in [0.15, 0.2) is 41.5 Å². The van der Waals surface area contributed by atoms with Crippen molar-refractivity contribution in [1.29, 1.82) is 0 Å². The van der Waals surface area contributed by atoms with Crippen molar-refractivity contribution in [2.24, 2.45) is 0 Å². The smallest absolute Gasteiger partial charge is 0.167 e. The van der Waals surface area contributed by atoms with Crippen molar-refractivity contribution in [2.75, 3.05) is 40.6 Å². The lowest BCUT2D eigenvalue weighted by Crippen LogP contribution is -2.30. The number of para-hydroxylation sites is 1. The molecule has 0 N–H and O–H groups in total. The fourth-order valence-electron chi connectivity index (χ4n) is 4.24. The lowest BCUT2D eigenvalue weighted by Gasteiger charge is -2.33. The summed E-state index contributed by atoms with van der Waals surface area (Å²) in [6, 6.07) is 6.54. The second-order valence-corrected chi connectivity index (χ2v) is 8.04. The van der Waals surface area contributed by atoms with Crippen molar-refractivity contribution in [3.05, 3.63) is 52.6 Å². The zero-order valence-electron chi connectivity index (χ0n) is 15.5. The number of benzene rings is 1. The average molecular weight is 376 g/mol. The minimum Gasteiger partial charge on any atom is -0.493 e. The first-order valence-corrected chi connectivity index (χ1v) is 9.63. The van der Waals surface area contributed by atoms with E-state index in [9.17, 15) is 0 Å². The Morgan fingerprint density at radius 3 is 3.08 bits per heavy atom. The average Bonchev–Trinajstić information content (AvgIpc) is 3.06. The molecule has 0 bridgehead atoms. The summed E-state index contributed by atoms with van der Waals surface area (Å²) in [5.41, 5.74) is 5.34. The van der Waals surface area contributed by atoms with Crippen molar-refractivity contribution in [1.82, 2.24) is 4.90 Å². The summed E-state index contributed by atoms with van der Waals surface area (Å²) in [4.78, 5) is 2.40. The summed E-state index contributed by atoms with van der Waals surface area (Å²) in [5.74, 6) is 1.34. The van der Waals surface area contributed by atoms with Crippen LogP contribution in [-0.2, 0) is 15.9 Å². The highest BCUT2D eigenvalue weighted by atomic mass is 35.5. The molecular weight excluding hydrogens is 350 g/mol. The zero-order valence-corrected chi connectivity index (χ0v) is 16.2. The van der Waals surface area contributed by atoms with E-state index in [1.807, 2.05) is 6.08 Å². The van der Waals surface area contributed by atoms with E-state index in [4.69, 9.17) is 25.8 Å². The Bertz CT molecular complexity index is 745. The number of fused-ring (bicyclic) bond motifs is 1. The monoisotopic (exact) mass is 375 g/mol. The maximum Gasteiger partial charge on any atom is 0.167 e. The molecule has 2 unspecified atom stereocenters. The maximum absolute atomic E-state index is 6.77. The van der Waals surface area contributed by atoms with Gasteiger partial charge in [0.15, 0.2) is 5.06 Å². The molecule has 4 rings (SSSR count). The molecule has 4 nitrogen and oxygen atoms in total. The molecule has 0 saturated carbocycles. The van der Waals surface area contributed by atoms with E-state index < -0.39 is 5.06 Å². The standard InChI is InChI=1S/C21H26ClNO3/c1-23-10-7-15-6-9-21(22,26-14-24-2)12-18(15)19(13-23)17-5-3-4-16-8-11-25-20(16)17/h3-6,9,19H,7-8,10-14H2,1-2H3. The van der Waals surface area contributed by atoms with Gasteiger partial charge in [-0.25, -0.2) is 0 Å². The first-order valence-electron chi connectivity index (χ1n) is 9.26. The van der Waals surface area contributed by atoms with Gasteiger partial charge in [0.1, 0.15) is 12.5 Å². The third-order valence-electron chi connectivity index (χ3n) is 5.59. The highest BCUT2D eigenvalue weighted by Crippen LogP contribution is 2.46. The van der Waals surface area contributed by atoms with Gasteiger partial charge in [-0.2, -0.15) is 0 Å². The fraction of sp³-hybridized carbons (Fsp3) is 0.524. The molecule has 5 heteroatoms. The molecule has 0 radical (unpaired) electrons. The van der Waals surface area contributed by atoms with Gasteiger partial charge in [0.25, 0.3) is 0 Å². The topological polar surface area (TPSA) is 30.9 Å². The summed E-state index contributed by atoms with van der Waals surface area (Å²) in [5, 5.41) is -0.838.